The molecule has 1 atom stereocenters. The Labute approximate surface area is 225 Å². The van der Waals surface area contributed by atoms with Gasteiger partial charge in [0.25, 0.3) is 10.0 Å². The van der Waals surface area contributed by atoms with Gasteiger partial charge in [0.15, 0.2) is 0 Å². The molecule has 1 aliphatic heterocycles. The first-order chi connectivity index (χ1) is 17.5. The van der Waals surface area contributed by atoms with Gasteiger partial charge in [-0.05, 0) is 61.3 Å². The molecular weight excluding hydrogens is 506 g/mol. The summed E-state index contributed by atoms with van der Waals surface area (Å²) in [4.78, 5) is 6.22. The summed E-state index contributed by atoms with van der Waals surface area (Å²) in [6, 6.07) is 29.3. The number of nitrogens with zero attached hydrogens (tertiary/aromatic N) is 2. The lowest BCUT2D eigenvalue weighted by atomic mass is 10.0. The second kappa shape index (κ2) is 11.4. The van der Waals surface area contributed by atoms with Crippen LogP contribution < -0.4 is 9.04 Å². The number of ether oxygens (including phenoxy) is 1. The quantitative estimate of drug-likeness (QED) is 0.287. The van der Waals surface area contributed by atoms with E-state index in [9.17, 15) is 8.42 Å². The van der Waals surface area contributed by atoms with E-state index in [-0.39, 0.29) is 17.3 Å². The number of aromatic nitrogens is 1. The van der Waals surface area contributed by atoms with E-state index in [1.54, 1.807) is 38.4 Å². The summed E-state index contributed by atoms with van der Waals surface area (Å²) in [6.45, 7) is 1.90. The van der Waals surface area contributed by atoms with Crippen LogP contribution in [-0.4, -0.2) is 39.0 Å². The monoisotopic (exact) mass is 537 g/mol. The molecule has 1 N–H and O–H groups in total. The first kappa shape index (κ1) is 26.8. The molecule has 0 amide bonds. The molecule has 1 aromatic heterocycles. The molecule has 0 bridgehead atoms. The fourth-order valence-corrected chi connectivity index (χ4v) is 6.18. The number of rotatable bonds is 8. The summed E-state index contributed by atoms with van der Waals surface area (Å²) in [6.07, 6.45) is 2.35. The molecular formula is C29H32ClN3O3S. The van der Waals surface area contributed by atoms with Gasteiger partial charge in [-0.1, -0.05) is 48.5 Å². The Hall–Kier alpha value is -3.26. The van der Waals surface area contributed by atoms with Crippen molar-refractivity contribution >= 4 is 28.1 Å². The highest BCUT2D eigenvalue weighted by Gasteiger charge is 2.27. The first-order valence-corrected chi connectivity index (χ1v) is 13.6. The Morgan fingerprint density at radius 1 is 0.973 bits per heavy atom. The van der Waals surface area contributed by atoms with Crippen molar-refractivity contribution in [2.24, 2.45) is 0 Å². The van der Waals surface area contributed by atoms with Gasteiger partial charge in [-0.25, -0.2) is 8.42 Å². The van der Waals surface area contributed by atoms with E-state index in [4.69, 9.17) is 4.74 Å². The summed E-state index contributed by atoms with van der Waals surface area (Å²) in [5.41, 5.74) is 4.81. The third-order valence-corrected chi connectivity index (χ3v) is 8.69. The Bertz CT molecular complexity index is 1430. The van der Waals surface area contributed by atoms with Gasteiger partial charge in [0, 0.05) is 42.7 Å². The van der Waals surface area contributed by atoms with Crippen LogP contribution in [0.2, 0.25) is 0 Å². The maximum Gasteiger partial charge on any atom is 0.264 e. The van der Waals surface area contributed by atoms with Crippen LogP contribution in [0.4, 0.5) is 5.69 Å². The van der Waals surface area contributed by atoms with Crippen LogP contribution in [0.5, 0.6) is 5.75 Å². The van der Waals surface area contributed by atoms with Crippen LogP contribution in [0, 0.1) is 0 Å². The SMILES string of the molecule is COc1cc(S(=O)(=O)N(C)c2ccccc2)ccc1-c1ccc(CN2CCC[C@@H]2c2ccccc2)[nH]1.Cl. The summed E-state index contributed by atoms with van der Waals surface area (Å²) in [7, 11) is -0.607. The average molecular weight is 538 g/mol. The molecule has 0 radical (unpaired) electrons. The normalized spacial score (nSPS) is 15.8. The maximum atomic E-state index is 13.3. The van der Waals surface area contributed by atoms with Crippen molar-refractivity contribution in [3.8, 4) is 17.0 Å². The van der Waals surface area contributed by atoms with Gasteiger partial charge in [-0.3, -0.25) is 9.21 Å². The lowest BCUT2D eigenvalue weighted by Gasteiger charge is -2.24. The van der Waals surface area contributed by atoms with Gasteiger partial charge in [0.05, 0.1) is 17.7 Å². The molecule has 8 heteroatoms. The van der Waals surface area contributed by atoms with Crippen molar-refractivity contribution in [3.63, 3.8) is 0 Å². The summed E-state index contributed by atoms with van der Waals surface area (Å²) in [5.74, 6) is 0.509. The molecule has 37 heavy (non-hydrogen) atoms. The third kappa shape index (κ3) is 5.54. The number of hydrogen-bond acceptors (Lipinski definition) is 4. The van der Waals surface area contributed by atoms with Crippen LogP contribution in [0.3, 0.4) is 0 Å². The number of anilines is 1. The molecule has 2 heterocycles. The minimum Gasteiger partial charge on any atom is -0.496 e. The molecule has 1 saturated heterocycles. The number of halogens is 1. The summed E-state index contributed by atoms with van der Waals surface area (Å²) >= 11 is 0. The highest BCUT2D eigenvalue weighted by atomic mass is 35.5. The fourth-order valence-electron chi connectivity index (χ4n) is 4.97. The van der Waals surface area contributed by atoms with Gasteiger partial charge in [-0.2, -0.15) is 0 Å². The number of methoxy groups -OCH3 is 1. The van der Waals surface area contributed by atoms with Crippen molar-refractivity contribution in [1.29, 1.82) is 0 Å². The smallest absolute Gasteiger partial charge is 0.264 e. The Morgan fingerprint density at radius 3 is 2.38 bits per heavy atom. The predicted octanol–water partition coefficient (Wildman–Crippen LogP) is 6.27. The fraction of sp³-hybridized carbons (Fsp3) is 0.241. The van der Waals surface area contributed by atoms with E-state index in [0.717, 1.165) is 30.0 Å². The van der Waals surface area contributed by atoms with Gasteiger partial charge in [0.2, 0.25) is 0 Å². The molecule has 0 spiro atoms. The van der Waals surface area contributed by atoms with Crippen molar-refractivity contribution in [2.45, 2.75) is 30.3 Å². The number of H-pyrrole nitrogens is 1. The summed E-state index contributed by atoms with van der Waals surface area (Å²) in [5, 5.41) is 0. The molecule has 0 saturated carbocycles. The molecule has 1 fully saturated rings. The second-order valence-corrected chi connectivity index (χ2v) is 11.1. The molecule has 1 aliphatic rings. The van der Waals surface area contributed by atoms with Crippen LogP contribution in [0.25, 0.3) is 11.3 Å². The standard InChI is InChI=1S/C29H31N3O3S.ClH/c1-31(24-12-7-4-8-13-24)36(33,34)25-16-17-26(29(20-25)35-2)27-18-15-23(30-27)21-32-19-9-14-28(32)22-10-5-3-6-11-22;/h3-8,10-13,15-18,20,28,30H,9,14,19,21H2,1-2H3;1H/t28-;/m1./s1. The number of nitrogens with one attached hydrogen (secondary N) is 1. The number of likely N-dealkylation sites (tertiary alicyclic amines) is 1. The van der Waals surface area contributed by atoms with E-state index in [1.165, 1.54) is 22.7 Å². The molecule has 0 aliphatic carbocycles. The number of benzene rings is 3. The van der Waals surface area contributed by atoms with E-state index in [0.29, 0.717) is 17.5 Å². The second-order valence-electron chi connectivity index (χ2n) is 9.11. The van der Waals surface area contributed by atoms with E-state index in [1.807, 2.05) is 30.3 Å². The van der Waals surface area contributed by atoms with Crippen LogP contribution in [0.1, 0.15) is 30.1 Å². The minimum absolute atomic E-state index is 0. The zero-order valence-electron chi connectivity index (χ0n) is 21.0. The molecule has 6 nitrogen and oxygen atoms in total. The van der Waals surface area contributed by atoms with E-state index in [2.05, 4.69) is 46.3 Å². The van der Waals surface area contributed by atoms with Crippen LogP contribution in [0.15, 0.2) is 95.9 Å². The zero-order valence-corrected chi connectivity index (χ0v) is 22.6. The molecule has 4 aromatic rings. The molecule has 0 unspecified atom stereocenters. The van der Waals surface area contributed by atoms with Gasteiger partial charge in [-0.15, -0.1) is 12.4 Å². The van der Waals surface area contributed by atoms with Gasteiger partial charge >= 0.3 is 0 Å². The maximum absolute atomic E-state index is 13.3. The van der Waals surface area contributed by atoms with Gasteiger partial charge in [0.1, 0.15) is 5.75 Å². The van der Waals surface area contributed by atoms with Crippen LogP contribution >= 0.6 is 12.4 Å². The molecule has 194 valence electrons. The first-order valence-electron chi connectivity index (χ1n) is 12.2. The molecule has 5 rings (SSSR count). The van der Waals surface area contributed by atoms with Crippen molar-refractivity contribution < 1.29 is 13.2 Å². The largest absolute Gasteiger partial charge is 0.496 e. The average Bonchev–Trinajstić information content (AvgIpc) is 3.59. The highest BCUT2D eigenvalue weighted by molar-refractivity contribution is 7.92. The topological polar surface area (TPSA) is 65.6 Å². The number of sulfonamides is 1. The Balaban J connectivity index is 0.00000320. The minimum atomic E-state index is -3.73. The van der Waals surface area contributed by atoms with Crippen molar-refractivity contribution in [3.05, 3.63) is 102 Å². The number of hydrogen-bond donors (Lipinski definition) is 1. The van der Waals surface area contributed by atoms with Gasteiger partial charge < -0.3 is 9.72 Å². The number of para-hydroxylation sites is 1. The Kier molecular flexibility index (Phi) is 8.27. The summed E-state index contributed by atoms with van der Waals surface area (Å²) < 4.78 is 33.4. The van der Waals surface area contributed by atoms with Crippen molar-refractivity contribution in [2.75, 3.05) is 25.0 Å². The number of aromatic amines is 1. The predicted molar refractivity (Wildman–Crippen MR) is 151 cm³/mol. The lowest BCUT2D eigenvalue weighted by molar-refractivity contribution is 0.246. The molecule has 3 aromatic carbocycles. The third-order valence-electron chi connectivity index (χ3n) is 6.91. The highest BCUT2D eigenvalue weighted by Crippen LogP contribution is 2.35. The van der Waals surface area contributed by atoms with E-state index >= 15 is 0 Å². The Morgan fingerprint density at radius 2 is 1.68 bits per heavy atom. The lowest BCUT2D eigenvalue weighted by Crippen LogP contribution is -2.26. The van der Waals surface area contributed by atoms with Crippen LogP contribution in [-0.2, 0) is 16.6 Å². The van der Waals surface area contributed by atoms with E-state index < -0.39 is 10.0 Å². The zero-order chi connectivity index (χ0) is 25.1. The van der Waals surface area contributed by atoms with Crippen molar-refractivity contribution in [1.82, 2.24) is 9.88 Å².